The number of likely N-dealkylation sites (tertiary alicyclic amines) is 1. The largest absolute Gasteiger partial charge is 0.455 e. The fourth-order valence-corrected chi connectivity index (χ4v) is 5.45. The van der Waals surface area contributed by atoms with Crippen molar-refractivity contribution in [3.05, 3.63) is 69.9 Å². The number of hydrogen-bond donors (Lipinski definition) is 0. The van der Waals surface area contributed by atoms with Crippen molar-refractivity contribution in [1.29, 1.82) is 0 Å². The smallest absolute Gasteiger partial charge is 0.257 e. The molecular formula is C25H28N2O5S. The molecule has 1 saturated heterocycles. The summed E-state index contributed by atoms with van der Waals surface area (Å²) in [6.07, 6.45) is 1.12. The molecular weight excluding hydrogens is 440 g/mol. The van der Waals surface area contributed by atoms with Gasteiger partial charge < -0.3 is 9.32 Å². The van der Waals surface area contributed by atoms with Crippen LogP contribution in [0.15, 0.2) is 57.7 Å². The van der Waals surface area contributed by atoms with Gasteiger partial charge in [-0.1, -0.05) is 36.4 Å². The highest BCUT2D eigenvalue weighted by Crippen LogP contribution is 2.28. The Bertz CT molecular complexity index is 1340. The Balaban J connectivity index is 1.66. The van der Waals surface area contributed by atoms with Crippen molar-refractivity contribution in [1.82, 2.24) is 9.21 Å². The van der Waals surface area contributed by atoms with Crippen molar-refractivity contribution in [2.45, 2.75) is 32.7 Å². The number of benzene rings is 2. The van der Waals surface area contributed by atoms with Gasteiger partial charge in [0.15, 0.2) is 11.0 Å². The van der Waals surface area contributed by atoms with Crippen molar-refractivity contribution in [3.8, 4) is 11.3 Å². The van der Waals surface area contributed by atoms with Crippen LogP contribution < -0.4 is 5.43 Å². The quantitative estimate of drug-likeness (QED) is 0.570. The number of piperidine rings is 1. The molecule has 1 aromatic heterocycles. The lowest BCUT2D eigenvalue weighted by atomic mass is 10.0. The predicted molar refractivity (Wildman–Crippen MR) is 129 cm³/mol. The minimum Gasteiger partial charge on any atom is -0.455 e. The van der Waals surface area contributed by atoms with Crippen molar-refractivity contribution in [2.24, 2.45) is 0 Å². The summed E-state index contributed by atoms with van der Waals surface area (Å²) >= 11 is 0. The van der Waals surface area contributed by atoms with E-state index >= 15 is 0 Å². The van der Waals surface area contributed by atoms with Crippen LogP contribution >= 0.6 is 0 Å². The minimum absolute atomic E-state index is 0.0564. The Hall–Kier alpha value is -2.97. The van der Waals surface area contributed by atoms with E-state index in [0.29, 0.717) is 48.2 Å². The molecule has 1 aliphatic rings. The van der Waals surface area contributed by atoms with Crippen molar-refractivity contribution in [2.75, 3.05) is 25.9 Å². The lowest BCUT2D eigenvalue weighted by Crippen LogP contribution is -2.47. The normalized spacial score (nSPS) is 15.3. The first-order valence-corrected chi connectivity index (χ1v) is 12.7. The summed E-state index contributed by atoms with van der Waals surface area (Å²) in [6.45, 7) is 4.23. The van der Waals surface area contributed by atoms with Crippen LogP contribution in [0.2, 0.25) is 0 Å². The third-order valence-electron chi connectivity index (χ3n) is 6.48. The zero-order chi connectivity index (χ0) is 23.8. The Morgan fingerprint density at radius 2 is 1.76 bits per heavy atom. The Morgan fingerprint density at radius 1 is 1.09 bits per heavy atom. The van der Waals surface area contributed by atoms with Gasteiger partial charge in [-0.25, -0.2) is 12.7 Å². The molecule has 1 amide bonds. The van der Waals surface area contributed by atoms with Crippen molar-refractivity contribution in [3.63, 3.8) is 0 Å². The fraction of sp³-hybridized carbons (Fsp3) is 0.360. The molecule has 1 aliphatic heterocycles. The molecule has 4 rings (SSSR count). The lowest BCUT2D eigenvalue weighted by Gasteiger charge is -2.36. The number of sulfonamides is 1. The van der Waals surface area contributed by atoms with Crippen LogP contribution in [0, 0.1) is 6.92 Å². The summed E-state index contributed by atoms with van der Waals surface area (Å²) < 4.78 is 32.0. The van der Waals surface area contributed by atoms with Gasteiger partial charge in [-0.2, -0.15) is 0 Å². The monoisotopic (exact) mass is 468 g/mol. The number of para-hydroxylation sites is 1. The standard InChI is InChI=1S/C25H28N2O5S/c1-4-33(30,31)26(3)19-13-15-27(16-14-19)25(29)21-12-8-11-20-22(28)17(2)23(32-24(20)21)18-9-6-5-7-10-18/h5-12,19H,4,13-16H2,1-3H3. The second kappa shape index (κ2) is 9.11. The molecule has 8 heteroatoms. The third-order valence-corrected chi connectivity index (χ3v) is 8.39. The predicted octanol–water partition coefficient (Wildman–Crippen LogP) is 3.65. The molecule has 0 radical (unpaired) electrons. The highest BCUT2D eigenvalue weighted by atomic mass is 32.2. The maximum atomic E-state index is 13.4. The van der Waals surface area contributed by atoms with Gasteiger partial charge in [0.25, 0.3) is 5.91 Å². The van der Waals surface area contributed by atoms with E-state index in [-0.39, 0.29) is 28.7 Å². The first-order chi connectivity index (χ1) is 15.7. The van der Waals surface area contributed by atoms with E-state index in [0.717, 1.165) is 5.56 Å². The van der Waals surface area contributed by atoms with Gasteiger partial charge in [-0.05, 0) is 38.8 Å². The van der Waals surface area contributed by atoms with Gasteiger partial charge in [0, 0.05) is 37.3 Å². The molecule has 1 fully saturated rings. The van der Waals surface area contributed by atoms with Crippen LogP contribution in [-0.2, 0) is 10.0 Å². The van der Waals surface area contributed by atoms with Crippen molar-refractivity contribution < 1.29 is 17.6 Å². The Morgan fingerprint density at radius 3 is 2.39 bits per heavy atom. The van der Waals surface area contributed by atoms with Crippen LogP contribution in [0.1, 0.15) is 35.7 Å². The molecule has 0 bridgehead atoms. The van der Waals surface area contributed by atoms with E-state index in [1.807, 2.05) is 30.3 Å². The molecule has 0 atom stereocenters. The molecule has 0 saturated carbocycles. The van der Waals surface area contributed by atoms with E-state index < -0.39 is 10.0 Å². The number of nitrogens with zero attached hydrogens (tertiary/aromatic N) is 2. The summed E-state index contributed by atoms with van der Waals surface area (Å²) in [5, 5.41) is 0.377. The second-order valence-electron chi connectivity index (χ2n) is 8.37. The van der Waals surface area contributed by atoms with Gasteiger partial charge in [0.1, 0.15) is 5.76 Å². The lowest BCUT2D eigenvalue weighted by molar-refractivity contribution is 0.0687. The molecule has 0 unspecified atom stereocenters. The van der Waals surface area contributed by atoms with E-state index in [2.05, 4.69) is 0 Å². The average Bonchev–Trinajstić information content (AvgIpc) is 2.85. The molecule has 0 spiro atoms. The fourth-order valence-electron chi connectivity index (χ4n) is 4.38. The Kier molecular flexibility index (Phi) is 6.41. The third kappa shape index (κ3) is 4.32. The second-order valence-corrected chi connectivity index (χ2v) is 10.7. The van der Waals surface area contributed by atoms with Crippen LogP contribution in [0.25, 0.3) is 22.3 Å². The van der Waals surface area contributed by atoms with E-state index in [4.69, 9.17) is 4.42 Å². The number of fused-ring (bicyclic) bond motifs is 1. The SMILES string of the molecule is CCS(=O)(=O)N(C)C1CCN(C(=O)c2cccc3c(=O)c(C)c(-c4ccccc4)oc23)CC1. The average molecular weight is 469 g/mol. The maximum absolute atomic E-state index is 13.4. The zero-order valence-electron chi connectivity index (χ0n) is 19.1. The molecule has 174 valence electrons. The summed E-state index contributed by atoms with van der Waals surface area (Å²) in [5.41, 5.74) is 1.74. The Labute approximate surface area is 193 Å². The van der Waals surface area contributed by atoms with Gasteiger partial charge in [0.05, 0.1) is 16.7 Å². The van der Waals surface area contributed by atoms with Crippen LogP contribution in [0.5, 0.6) is 0 Å². The molecule has 2 aromatic carbocycles. The molecule has 33 heavy (non-hydrogen) atoms. The first-order valence-electron chi connectivity index (χ1n) is 11.1. The van der Waals surface area contributed by atoms with Crippen LogP contribution in [0.4, 0.5) is 0 Å². The maximum Gasteiger partial charge on any atom is 0.257 e. The number of amides is 1. The highest BCUT2D eigenvalue weighted by Gasteiger charge is 2.31. The molecule has 2 heterocycles. The van der Waals surface area contributed by atoms with Crippen molar-refractivity contribution >= 4 is 26.9 Å². The highest BCUT2D eigenvalue weighted by molar-refractivity contribution is 7.89. The van der Waals surface area contributed by atoms with Gasteiger partial charge in [-0.15, -0.1) is 0 Å². The summed E-state index contributed by atoms with van der Waals surface area (Å²) in [5.74, 6) is 0.297. The van der Waals surface area contributed by atoms with Gasteiger partial charge in [-0.3, -0.25) is 9.59 Å². The first kappa shape index (κ1) is 23.2. The topological polar surface area (TPSA) is 87.9 Å². The van der Waals surface area contributed by atoms with Crippen LogP contribution in [0.3, 0.4) is 0 Å². The summed E-state index contributed by atoms with van der Waals surface area (Å²) in [4.78, 5) is 28.2. The number of carbonyl (C=O) groups excluding carboxylic acids is 1. The van der Waals surface area contributed by atoms with E-state index in [1.54, 1.807) is 44.0 Å². The molecule has 0 aliphatic carbocycles. The number of rotatable bonds is 5. The molecule has 0 N–H and O–H groups in total. The van der Waals surface area contributed by atoms with Crippen LogP contribution in [-0.4, -0.2) is 55.5 Å². The van der Waals surface area contributed by atoms with Gasteiger partial charge >= 0.3 is 0 Å². The number of carbonyl (C=O) groups is 1. The molecule has 7 nitrogen and oxygen atoms in total. The van der Waals surface area contributed by atoms with Gasteiger partial charge in [0.2, 0.25) is 10.0 Å². The zero-order valence-corrected chi connectivity index (χ0v) is 19.9. The van der Waals surface area contributed by atoms with E-state index in [9.17, 15) is 18.0 Å². The number of hydrogen-bond acceptors (Lipinski definition) is 5. The minimum atomic E-state index is -3.28. The summed E-state index contributed by atoms with van der Waals surface area (Å²) in [7, 11) is -1.67. The molecule has 3 aromatic rings. The summed E-state index contributed by atoms with van der Waals surface area (Å²) in [6, 6.07) is 14.3. The van der Waals surface area contributed by atoms with E-state index in [1.165, 1.54) is 4.31 Å².